The SMILES string of the molecule is CCON=C(C)C(=O)C1=C(O)CC(c2cccc(Oc3ccc(Cl)cc3Cl)n2)CC1=O. The number of nitrogens with zero attached hydrogens (tertiary/aromatic N) is 2. The molecule has 1 aliphatic carbocycles. The number of oxime groups is 1. The van der Waals surface area contributed by atoms with E-state index in [-0.39, 0.29) is 42.4 Å². The van der Waals surface area contributed by atoms with Crippen molar-refractivity contribution in [1.29, 1.82) is 0 Å². The second-order valence-electron chi connectivity index (χ2n) is 6.85. The van der Waals surface area contributed by atoms with Crippen LogP contribution in [0.25, 0.3) is 0 Å². The molecular formula is C22H20Cl2N2O5. The summed E-state index contributed by atoms with van der Waals surface area (Å²) in [5.74, 6) is -1.14. The number of hydrogen-bond donors (Lipinski definition) is 1. The molecule has 1 atom stereocenters. The van der Waals surface area contributed by atoms with Gasteiger partial charge in [0.05, 0.1) is 5.02 Å². The maximum Gasteiger partial charge on any atom is 0.219 e. The number of hydrogen-bond acceptors (Lipinski definition) is 7. The monoisotopic (exact) mass is 462 g/mol. The summed E-state index contributed by atoms with van der Waals surface area (Å²) < 4.78 is 5.73. The van der Waals surface area contributed by atoms with Gasteiger partial charge < -0.3 is 14.7 Å². The fourth-order valence-electron chi connectivity index (χ4n) is 3.13. The zero-order valence-corrected chi connectivity index (χ0v) is 18.4. The maximum atomic E-state index is 12.6. The summed E-state index contributed by atoms with van der Waals surface area (Å²) in [4.78, 5) is 34.4. The van der Waals surface area contributed by atoms with Crippen LogP contribution < -0.4 is 4.74 Å². The van der Waals surface area contributed by atoms with Gasteiger partial charge in [0, 0.05) is 35.5 Å². The smallest absolute Gasteiger partial charge is 0.219 e. The summed E-state index contributed by atoms with van der Waals surface area (Å²) in [5, 5.41) is 14.9. The molecule has 0 fully saturated rings. The molecule has 0 aliphatic heterocycles. The molecule has 0 bridgehead atoms. The molecule has 1 heterocycles. The van der Waals surface area contributed by atoms with E-state index >= 15 is 0 Å². The maximum absolute atomic E-state index is 12.6. The quantitative estimate of drug-likeness (QED) is 0.335. The van der Waals surface area contributed by atoms with Gasteiger partial charge in [-0.05, 0) is 38.1 Å². The number of benzene rings is 1. The van der Waals surface area contributed by atoms with E-state index in [1.807, 2.05) is 0 Å². The third kappa shape index (κ3) is 5.42. The first-order valence-corrected chi connectivity index (χ1v) is 10.3. The van der Waals surface area contributed by atoms with Crippen LogP contribution in [0, 0.1) is 0 Å². The Morgan fingerprint density at radius 3 is 2.71 bits per heavy atom. The number of allylic oxidation sites excluding steroid dienone is 2. The fourth-order valence-corrected chi connectivity index (χ4v) is 3.58. The third-order valence-corrected chi connectivity index (χ3v) is 5.13. The van der Waals surface area contributed by atoms with Gasteiger partial charge in [0.25, 0.3) is 0 Å². The van der Waals surface area contributed by atoms with Crippen molar-refractivity contribution >= 4 is 40.5 Å². The van der Waals surface area contributed by atoms with E-state index in [0.29, 0.717) is 21.5 Å². The number of aliphatic hydroxyl groups is 1. The number of carbonyl (C=O) groups is 2. The Labute approximate surface area is 189 Å². The molecule has 1 N–H and O–H groups in total. The largest absolute Gasteiger partial charge is 0.511 e. The lowest BCUT2D eigenvalue weighted by Crippen LogP contribution is -2.27. The molecule has 1 unspecified atom stereocenters. The van der Waals surface area contributed by atoms with Crippen molar-refractivity contribution in [3.05, 3.63) is 63.5 Å². The number of aliphatic hydroxyl groups excluding tert-OH is 1. The van der Waals surface area contributed by atoms with E-state index < -0.39 is 17.5 Å². The van der Waals surface area contributed by atoms with Crippen LogP contribution in [-0.2, 0) is 14.4 Å². The molecular weight excluding hydrogens is 443 g/mol. The van der Waals surface area contributed by atoms with Crippen molar-refractivity contribution in [2.75, 3.05) is 6.61 Å². The van der Waals surface area contributed by atoms with Crippen LogP contribution in [0.5, 0.6) is 11.6 Å². The molecule has 2 aromatic rings. The fraction of sp³-hybridized carbons (Fsp3) is 0.273. The number of ketones is 2. The van der Waals surface area contributed by atoms with Gasteiger partial charge in [-0.1, -0.05) is 34.4 Å². The Morgan fingerprint density at radius 2 is 2.03 bits per heavy atom. The number of halogens is 2. The Bertz CT molecular complexity index is 1080. The first kappa shape index (κ1) is 22.8. The van der Waals surface area contributed by atoms with Gasteiger partial charge in [-0.3, -0.25) is 9.59 Å². The standard InChI is InChI=1S/C22H20Cl2N2O5/c1-3-30-26-12(2)22(29)21-17(27)9-13(10-18(21)28)16-5-4-6-20(25-16)31-19-8-7-14(23)11-15(19)24/h4-8,11,13,27H,3,9-10H2,1-2H3. The second-order valence-corrected chi connectivity index (χ2v) is 7.69. The van der Waals surface area contributed by atoms with E-state index in [1.54, 1.807) is 43.3 Å². The molecule has 1 aromatic carbocycles. The van der Waals surface area contributed by atoms with E-state index in [9.17, 15) is 14.7 Å². The van der Waals surface area contributed by atoms with Crippen molar-refractivity contribution < 1.29 is 24.3 Å². The van der Waals surface area contributed by atoms with E-state index in [1.165, 1.54) is 6.92 Å². The van der Waals surface area contributed by atoms with Crippen molar-refractivity contribution in [2.24, 2.45) is 5.16 Å². The van der Waals surface area contributed by atoms with Gasteiger partial charge in [0.1, 0.15) is 29.4 Å². The number of Topliss-reactive ketones (excluding diaryl/α,β-unsaturated/α-hetero) is 2. The Balaban J connectivity index is 1.80. The summed E-state index contributed by atoms with van der Waals surface area (Å²) >= 11 is 12.0. The van der Waals surface area contributed by atoms with Gasteiger partial charge in [0.2, 0.25) is 11.7 Å². The third-order valence-electron chi connectivity index (χ3n) is 4.60. The van der Waals surface area contributed by atoms with Crippen molar-refractivity contribution in [2.45, 2.75) is 32.6 Å². The van der Waals surface area contributed by atoms with E-state index in [0.717, 1.165) is 0 Å². The molecule has 0 amide bonds. The predicted molar refractivity (Wildman–Crippen MR) is 117 cm³/mol. The van der Waals surface area contributed by atoms with E-state index in [4.69, 9.17) is 32.8 Å². The zero-order valence-electron chi connectivity index (χ0n) is 16.9. The molecule has 0 saturated carbocycles. The van der Waals surface area contributed by atoms with Crippen molar-refractivity contribution in [1.82, 2.24) is 4.98 Å². The second kappa shape index (κ2) is 9.94. The number of pyridine rings is 1. The molecule has 7 nitrogen and oxygen atoms in total. The molecule has 31 heavy (non-hydrogen) atoms. The van der Waals surface area contributed by atoms with Gasteiger partial charge in [-0.2, -0.15) is 0 Å². The number of ether oxygens (including phenoxy) is 1. The summed E-state index contributed by atoms with van der Waals surface area (Å²) in [5.41, 5.74) is 0.301. The van der Waals surface area contributed by atoms with Gasteiger partial charge in [0.15, 0.2) is 5.78 Å². The summed E-state index contributed by atoms with van der Waals surface area (Å²) in [6.45, 7) is 3.44. The highest BCUT2D eigenvalue weighted by molar-refractivity contribution is 6.51. The van der Waals surface area contributed by atoms with Crippen molar-refractivity contribution in [3.8, 4) is 11.6 Å². The minimum atomic E-state index is -0.642. The van der Waals surface area contributed by atoms with Gasteiger partial charge in [-0.15, -0.1) is 0 Å². The van der Waals surface area contributed by atoms with Crippen LogP contribution in [0.4, 0.5) is 0 Å². The van der Waals surface area contributed by atoms with Crippen LogP contribution in [0.15, 0.2) is 52.9 Å². The normalized spacial score (nSPS) is 17.0. The Morgan fingerprint density at radius 1 is 1.26 bits per heavy atom. The minimum Gasteiger partial charge on any atom is -0.511 e. The molecule has 162 valence electrons. The van der Waals surface area contributed by atoms with Crippen LogP contribution in [-0.4, -0.2) is 34.0 Å². The first-order chi connectivity index (χ1) is 14.8. The lowest BCUT2D eigenvalue weighted by molar-refractivity contribution is -0.120. The average molecular weight is 463 g/mol. The Kier molecular flexibility index (Phi) is 7.30. The molecule has 0 radical (unpaired) electrons. The summed E-state index contributed by atoms with van der Waals surface area (Å²) in [6, 6.07) is 9.94. The molecule has 1 aliphatic rings. The predicted octanol–water partition coefficient (Wildman–Crippen LogP) is 5.42. The topological polar surface area (TPSA) is 98.1 Å². The lowest BCUT2D eigenvalue weighted by atomic mass is 9.83. The van der Waals surface area contributed by atoms with E-state index in [2.05, 4.69) is 10.1 Å². The molecule has 0 spiro atoms. The van der Waals surface area contributed by atoms with Crippen LogP contribution in [0.1, 0.15) is 38.3 Å². The molecule has 0 saturated heterocycles. The molecule has 3 rings (SSSR count). The van der Waals surface area contributed by atoms with Crippen LogP contribution in [0.2, 0.25) is 10.0 Å². The highest BCUT2D eigenvalue weighted by Gasteiger charge is 2.34. The highest BCUT2D eigenvalue weighted by atomic mass is 35.5. The summed E-state index contributed by atoms with van der Waals surface area (Å²) in [7, 11) is 0. The van der Waals surface area contributed by atoms with Crippen LogP contribution in [0.3, 0.4) is 0 Å². The lowest BCUT2D eigenvalue weighted by Gasteiger charge is -2.22. The number of aromatic nitrogens is 1. The molecule has 1 aromatic heterocycles. The summed E-state index contributed by atoms with van der Waals surface area (Å²) in [6.07, 6.45) is 0.109. The average Bonchev–Trinajstić information content (AvgIpc) is 2.73. The van der Waals surface area contributed by atoms with Crippen molar-refractivity contribution in [3.63, 3.8) is 0 Å². The minimum absolute atomic E-state index is 0.00330. The number of carbonyl (C=O) groups excluding carboxylic acids is 2. The van der Waals surface area contributed by atoms with Gasteiger partial charge >= 0.3 is 0 Å². The van der Waals surface area contributed by atoms with Crippen LogP contribution >= 0.6 is 23.2 Å². The highest BCUT2D eigenvalue weighted by Crippen LogP contribution is 2.35. The first-order valence-electron chi connectivity index (χ1n) is 9.56. The number of rotatable bonds is 7. The molecule has 9 heteroatoms. The van der Waals surface area contributed by atoms with Gasteiger partial charge in [-0.25, -0.2) is 4.98 Å². The zero-order chi connectivity index (χ0) is 22.5. The Hall–Kier alpha value is -2.90.